The van der Waals surface area contributed by atoms with Crippen molar-refractivity contribution < 1.29 is 13.9 Å². The highest BCUT2D eigenvalue weighted by Crippen LogP contribution is 2.35. The first kappa shape index (κ1) is 16.9. The monoisotopic (exact) mass is 333 g/mol. The van der Waals surface area contributed by atoms with Crippen LogP contribution in [0.5, 0.6) is 0 Å². The first-order valence-electron chi connectivity index (χ1n) is 8.75. The summed E-state index contributed by atoms with van der Waals surface area (Å²) < 4.78 is 10.4. The Morgan fingerprint density at radius 3 is 2.62 bits per heavy atom. The van der Waals surface area contributed by atoms with E-state index in [1.807, 2.05) is 7.05 Å². The summed E-state index contributed by atoms with van der Waals surface area (Å²) in [7, 11) is 3.19. The van der Waals surface area contributed by atoms with Crippen LogP contribution in [0.25, 0.3) is 0 Å². The molecule has 2 aliphatic rings. The molecule has 24 heavy (non-hydrogen) atoms. The normalized spacial score (nSPS) is 24.0. The second kappa shape index (κ2) is 7.28. The lowest BCUT2D eigenvalue weighted by Gasteiger charge is -2.22. The van der Waals surface area contributed by atoms with E-state index < -0.39 is 0 Å². The van der Waals surface area contributed by atoms with Gasteiger partial charge < -0.3 is 19.4 Å². The number of carbonyl (C=O) groups is 1. The number of aliphatic imine (C=N–C) groups is 1. The molecule has 6 heteroatoms. The maximum absolute atomic E-state index is 11.7. The van der Waals surface area contributed by atoms with Crippen LogP contribution in [0.1, 0.15) is 47.6 Å². The largest absolute Gasteiger partial charge is 0.465 e. The van der Waals surface area contributed by atoms with Gasteiger partial charge in [-0.1, -0.05) is 12.8 Å². The zero-order chi connectivity index (χ0) is 17.1. The Bertz CT molecular complexity index is 609. The van der Waals surface area contributed by atoms with Gasteiger partial charge in [0.15, 0.2) is 5.96 Å². The molecule has 0 bridgehead atoms. The lowest BCUT2D eigenvalue weighted by atomic mass is 9.82. The lowest BCUT2D eigenvalue weighted by molar-refractivity contribution is 0.0599. The number of likely N-dealkylation sites (tertiary alicyclic amines) is 1. The van der Waals surface area contributed by atoms with E-state index in [1.165, 1.54) is 32.8 Å². The topological polar surface area (TPSA) is 67.1 Å². The summed E-state index contributed by atoms with van der Waals surface area (Å²) in [5, 5.41) is 3.36. The number of fused-ring (bicyclic) bond motifs is 1. The van der Waals surface area contributed by atoms with Crippen LogP contribution in [0.2, 0.25) is 0 Å². The Morgan fingerprint density at radius 2 is 2.04 bits per heavy atom. The smallest absolute Gasteiger partial charge is 0.341 e. The van der Waals surface area contributed by atoms with E-state index in [-0.39, 0.29) is 5.97 Å². The number of nitrogens with one attached hydrogen (secondary N) is 1. The van der Waals surface area contributed by atoms with E-state index >= 15 is 0 Å². The van der Waals surface area contributed by atoms with Gasteiger partial charge in [0.1, 0.15) is 17.1 Å². The quantitative estimate of drug-likeness (QED) is 0.523. The number of esters is 1. The minimum atomic E-state index is -0.365. The van der Waals surface area contributed by atoms with E-state index in [1.54, 1.807) is 13.0 Å². The predicted molar refractivity (Wildman–Crippen MR) is 92.0 cm³/mol. The fourth-order valence-corrected chi connectivity index (χ4v) is 4.02. The molecule has 132 valence electrons. The summed E-state index contributed by atoms with van der Waals surface area (Å²) in [6.07, 6.45) is 5.42. The molecule has 0 amide bonds. The van der Waals surface area contributed by atoms with Crippen LogP contribution in [0.4, 0.5) is 0 Å². The summed E-state index contributed by atoms with van der Waals surface area (Å²) in [5.41, 5.74) is 0.483. The van der Waals surface area contributed by atoms with Crippen molar-refractivity contribution in [3.63, 3.8) is 0 Å². The van der Waals surface area contributed by atoms with Crippen LogP contribution < -0.4 is 5.32 Å². The minimum absolute atomic E-state index is 0.365. The molecule has 3 rings (SSSR count). The van der Waals surface area contributed by atoms with Gasteiger partial charge in [-0.25, -0.2) is 4.79 Å². The van der Waals surface area contributed by atoms with Crippen molar-refractivity contribution in [2.24, 2.45) is 16.8 Å². The number of hydrogen-bond donors (Lipinski definition) is 1. The maximum Gasteiger partial charge on any atom is 0.341 e. The molecule has 1 aliphatic heterocycles. The molecule has 1 aromatic heterocycles. The zero-order valence-corrected chi connectivity index (χ0v) is 14.8. The van der Waals surface area contributed by atoms with Crippen molar-refractivity contribution >= 4 is 11.9 Å². The molecule has 1 aromatic rings. The molecule has 1 aliphatic carbocycles. The highest BCUT2D eigenvalue weighted by Gasteiger charge is 2.35. The molecule has 1 saturated heterocycles. The Hall–Kier alpha value is -1.98. The van der Waals surface area contributed by atoms with E-state index in [0.29, 0.717) is 23.6 Å². The number of nitrogens with zero attached hydrogens (tertiary/aromatic N) is 2. The second-order valence-corrected chi connectivity index (χ2v) is 6.78. The average Bonchev–Trinajstić information content (AvgIpc) is 3.18. The van der Waals surface area contributed by atoms with E-state index in [2.05, 4.69) is 15.2 Å². The number of rotatable bonds is 3. The van der Waals surface area contributed by atoms with Crippen LogP contribution in [0.15, 0.2) is 15.5 Å². The van der Waals surface area contributed by atoms with Gasteiger partial charge in [0, 0.05) is 20.1 Å². The highest BCUT2D eigenvalue weighted by molar-refractivity contribution is 5.90. The second-order valence-electron chi connectivity index (χ2n) is 6.78. The number of aryl methyl sites for hydroxylation is 1. The molecule has 1 N–H and O–H groups in total. The van der Waals surface area contributed by atoms with Crippen molar-refractivity contribution in [3.05, 3.63) is 23.2 Å². The van der Waals surface area contributed by atoms with Gasteiger partial charge in [-0.3, -0.25) is 4.99 Å². The number of hydrogen-bond acceptors (Lipinski definition) is 4. The Balaban J connectivity index is 1.60. The highest BCUT2D eigenvalue weighted by atomic mass is 16.5. The van der Waals surface area contributed by atoms with Crippen LogP contribution in [-0.2, 0) is 11.3 Å². The van der Waals surface area contributed by atoms with Crippen molar-refractivity contribution in [1.82, 2.24) is 10.2 Å². The van der Waals surface area contributed by atoms with Crippen LogP contribution in [0.3, 0.4) is 0 Å². The summed E-state index contributed by atoms with van der Waals surface area (Å²) in [5.74, 6) is 3.48. The fraction of sp³-hybridized carbons (Fsp3) is 0.667. The zero-order valence-electron chi connectivity index (χ0n) is 14.8. The van der Waals surface area contributed by atoms with Crippen molar-refractivity contribution in [2.75, 3.05) is 27.2 Å². The molecule has 1 saturated carbocycles. The van der Waals surface area contributed by atoms with Gasteiger partial charge in [-0.05, 0) is 37.7 Å². The third-order valence-electron chi connectivity index (χ3n) is 5.28. The van der Waals surface area contributed by atoms with Crippen molar-refractivity contribution in [2.45, 2.75) is 39.2 Å². The number of furan rings is 1. The summed E-state index contributed by atoms with van der Waals surface area (Å²) in [6, 6.07) is 1.74. The number of methoxy groups -OCH3 is 1. The molecule has 2 atom stereocenters. The van der Waals surface area contributed by atoms with Crippen LogP contribution in [0, 0.1) is 18.8 Å². The number of ether oxygens (including phenoxy) is 1. The maximum atomic E-state index is 11.7. The Morgan fingerprint density at radius 1 is 1.38 bits per heavy atom. The standard InChI is InChI=1S/C18H27N3O3/c1-12-16(17(22)23-3)8-15(24-12)9-20-18(19-2)21-10-13-6-4-5-7-14(13)11-21/h8,13-14H,4-7,9-11H2,1-3H3,(H,19,20). The first-order valence-corrected chi connectivity index (χ1v) is 8.75. The summed E-state index contributed by atoms with van der Waals surface area (Å²) in [6.45, 7) is 4.47. The van der Waals surface area contributed by atoms with Crippen LogP contribution >= 0.6 is 0 Å². The van der Waals surface area contributed by atoms with Gasteiger partial charge in [0.05, 0.1) is 13.7 Å². The first-order chi connectivity index (χ1) is 11.6. The van der Waals surface area contributed by atoms with E-state index in [0.717, 1.165) is 30.9 Å². The van der Waals surface area contributed by atoms with Crippen molar-refractivity contribution in [3.8, 4) is 0 Å². The molecule has 2 fully saturated rings. The molecule has 2 unspecified atom stereocenters. The molecular weight excluding hydrogens is 306 g/mol. The molecule has 0 spiro atoms. The van der Waals surface area contributed by atoms with Gasteiger partial charge in [0.2, 0.25) is 0 Å². The molecule has 6 nitrogen and oxygen atoms in total. The Labute approximate surface area is 143 Å². The molecular formula is C18H27N3O3. The third-order valence-corrected chi connectivity index (χ3v) is 5.28. The predicted octanol–water partition coefficient (Wildman–Crippen LogP) is 2.57. The third kappa shape index (κ3) is 3.42. The van der Waals surface area contributed by atoms with Gasteiger partial charge in [-0.2, -0.15) is 0 Å². The minimum Gasteiger partial charge on any atom is -0.465 e. The molecule has 2 heterocycles. The lowest BCUT2D eigenvalue weighted by Crippen LogP contribution is -2.39. The Kier molecular flexibility index (Phi) is 5.11. The SMILES string of the molecule is CN=C(NCc1cc(C(=O)OC)c(C)o1)N1CC2CCCCC2C1. The van der Waals surface area contributed by atoms with E-state index in [9.17, 15) is 4.79 Å². The summed E-state index contributed by atoms with van der Waals surface area (Å²) in [4.78, 5) is 18.4. The molecule has 0 aromatic carbocycles. The average molecular weight is 333 g/mol. The number of carbonyl (C=O) groups excluding carboxylic acids is 1. The van der Waals surface area contributed by atoms with Gasteiger partial charge >= 0.3 is 5.97 Å². The molecule has 0 radical (unpaired) electrons. The fourth-order valence-electron chi connectivity index (χ4n) is 4.02. The number of guanidine groups is 1. The van der Waals surface area contributed by atoms with Crippen LogP contribution in [-0.4, -0.2) is 44.1 Å². The van der Waals surface area contributed by atoms with Crippen molar-refractivity contribution in [1.29, 1.82) is 0 Å². The summed E-state index contributed by atoms with van der Waals surface area (Å²) >= 11 is 0. The van der Waals surface area contributed by atoms with Gasteiger partial charge in [-0.15, -0.1) is 0 Å². The van der Waals surface area contributed by atoms with Gasteiger partial charge in [0.25, 0.3) is 0 Å². The van der Waals surface area contributed by atoms with E-state index in [4.69, 9.17) is 9.15 Å².